The molecule has 0 spiro atoms. The van der Waals surface area contributed by atoms with Gasteiger partial charge in [0.2, 0.25) is 5.60 Å². The average molecular weight is 513 g/mol. The summed E-state index contributed by atoms with van der Waals surface area (Å²) in [5, 5.41) is 11.6. The van der Waals surface area contributed by atoms with Crippen molar-refractivity contribution >= 4 is 29.5 Å². The number of rotatable bonds is 5. The third-order valence-corrected chi connectivity index (χ3v) is 9.28. The van der Waals surface area contributed by atoms with Crippen molar-refractivity contribution in [2.75, 3.05) is 12.7 Å². The highest BCUT2D eigenvalue weighted by Gasteiger charge is 2.74. The molecule has 4 rings (SSSR count). The summed E-state index contributed by atoms with van der Waals surface area (Å²) in [5.74, 6) is -2.46. The van der Waals surface area contributed by atoms with Gasteiger partial charge in [0.25, 0.3) is 0 Å². The van der Waals surface area contributed by atoms with Crippen LogP contribution >= 0.6 is 11.6 Å². The minimum Gasteiger partial charge on any atom is -0.446 e. The van der Waals surface area contributed by atoms with Gasteiger partial charge in [0.05, 0.1) is 12.7 Å². The Balaban J connectivity index is 1.78. The van der Waals surface area contributed by atoms with E-state index in [1.165, 1.54) is 12.2 Å². The SMILES string of the molecule is CCCOC(=O)O[C@]1(C(=O)OCCl)[C@H](C)C[C@H]2[C@@H]3C[C@H](F)C4=CC(=O)C=C[C@]4(C)[C@H]3[C@@H](O)C[C@@]21C. The fraction of sp³-hybridized carbons (Fsp3) is 0.731. The van der Waals surface area contributed by atoms with Gasteiger partial charge in [-0.2, -0.15) is 0 Å². The summed E-state index contributed by atoms with van der Waals surface area (Å²) in [4.78, 5) is 38.1. The van der Waals surface area contributed by atoms with E-state index in [-0.39, 0.29) is 43.0 Å². The van der Waals surface area contributed by atoms with Crippen molar-refractivity contribution in [2.24, 2.45) is 34.5 Å². The molecule has 0 unspecified atom stereocenters. The van der Waals surface area contributed by atoms with Crippen molar-refractivity contribution in [1.82, 2.24) is 0 Å². The van der Waals surface area contributed by atoms with Crippen molar-refractivity contribution in [3.63, 3.8) is 0 Å². The topological polar surface area (TPSA) is 99.1 Å². The summed E-state index contributed by atoms with van der Waals surface area (Å²) in [6.07, 6.45) is 2.50. The predicted molar refractivity (Wildman–Crippen MR) is 125 cm³/mol. The Morgan fingerprint density at radius 3 is 2.63 bits per heavy atom. The molecule has 0 aromatic carbocycles. The molecular weight excluding hydrogens is 479 g/mol. The van der Waals surface area contributed by atoms with Gasteiger partial charge in [-0.05, 0) is 55.2 Å². The second-order valence-electron chi connectivity index (χ2n) is 10.9. The van der Waals surface area contributed by atoms with Crippen LogP contribution in [0.1, 0.15) is 53.4 Å². The summed E-state index contributed by atoms with van der Waals surface area (Å²) in [5.41, 5.74) is -3.23. The summed E-state index contributed by atoms with van der Waals surface area (Å²) in [6, 6.07) is -0.423. The zero-order valence-electron chi connectivity index (χ0n) is 20.6. The molecule has 7 nitrogen and oxygen atoms in total. The van der Waals surface area contributed by atoms with E-state index in [0.717, 1.165) is 0 Å². The summed E-state index contributed by atoms with van der Waals surface area (Å²) in [7, 11) is 0. The molecule has 4 aliphatic rings. The predicted octanol–water partition coefficient (Wildman–Crippen LogP) is 4.50. The summed E-state index contributed by atoms with van der Waals surface area (Å²) >= 11 is 5.73. The quantitative estimate of drug-likeness (QED) is 0.427. The summed E-state index contributed by atoms with van der Waals surface area (Å²) < 4.78 is 31.8. The number of halogens is 2. The average Bonchev–Trinajstić information content (AvgIpc) is 3.00. The van der Waals surface area contributed by atoms with Gasteiger partial charge in [0.1, 0.15) is 6.17 Å². The fourth-order valence-electron chi connectivity index (χ4n) is 7.85. The number of hydrogen-bond acceptors (Lipinski definition) is 7. The maximum absolute atomic E-state index is 15.6. The first-order valence-electron chi connectivity index (χ1n) is 12.3. The van der Waals surface area contributed by atoms with E-state index in [4.69, 9.17) is 25.8 Å². The number of aliphatic hydroxyl groups excluding tert-OH is 1. The van der Waals surface area contributed by atoms with E-state index in [1.807, 2.05) is 20.8 Å². The Hall–Kier alpha value is -1.93. The first-order chi connectivity index (χ1) is 16.5. The van der Waals surface area contributed by atoms with Crippen molar-refractivity contribution in [2.45, 2.75) is 71.3 Å². The van der Waals surface area contributed by atoms with Gasteiger partial charge in [-0.15, -0.1) is 0 Å². The lowest BCUT2D eigenvalue weighted by molar-refractivity contribution is -0.206. The number of carbonyl (C=O) groups is 3. The van der Waals surface area contributed by atoms with Crippen molar-refractivity contribution in [3.8, 4) is 0 Å². The smallest absolute Gasteiger partial charge is 0.446 e. The van der Waals surface area contributed by atoms with E-state index >= 15 is 4.39 Å². The number of ketones is 1. The van der Waals surface area contributed by atoms with Gasteiger partial charge in [0.15, 0.2) is 11.8 Å². The number of fused-ring (bicyclic) bond motifs is 5. The molecule has 35 heavy (non-hydrogen) atoms. The molecule has 0 aromatic heterocycles. The van der Waals surface area contributed by atoms with Crippen molar-refractivity contribution in [3.05, 3.63) is 23.8 Å². The van der Waals surface area contributed by atoms with Gasteiger partial charge in [-0.1, -0.05) is 45.4 Å². The van der Waals surface area contributed by atoms with E-state index < -0.39 is 52.8 Å². The second kappa shape index (κ2) is 9.18. The minimum atomic E-state index is -1.75. The molecule has 3 fully saturated rings. The van der Waals surface area contributed by atoms with Crippen LogP contribution in [0.5, 0.6) is 0 Å². The fourth-order valence-corrected chi connectivity index (χ4v) is 7.95. The van der Waals surface area contributed by atoms with Gasteiger partial charge in [-0.3, -0.25) is 4.79 Å². The molecule has 9 atom stereocenters. The second-order valence-corrected chi connectivity index (χ2v) is 11.1. The normalized spacial score (nSPS) is 44.0. The van der Waals surface area contributed by atoms with E-state index in [9.17, 15) is 19.5 Å². The molecule has 3 saturated carbocycles. The van der Waals surface area contributed by atoms with E-state index in [2.05, 4.69) is 0 Å². The van der Waals surface area contributed by atoms with Gasteiger partial charge >= 0.3 is 12.1 Å². The van der Waals surface area contributed by atoms with Crippen LogP contribution in [0.3, 0.4) is 0 Å². The number of carbonyl (C=O) groups excluding carboxylic acids is 3. The highest BCUT2D eigenvalue weighted by atomic mass is 35.5. The zero-order valence-corrected chi connectivity index (χ0v) is 21.3. The molecule has 0 bridgehead atoms. The van der Waals surface area contributed by atoms with Crippen LogP contribution in [-0.4, -0.2) is 53.6 Å². The highest BCUT2D eigenvalue weighted by Crippen LogP contribution is 2.69. The van der Waals surface area contributed by atoms with E-state index in [1.54, 1.807) is 13.0 Å². The molecule has 0 aromatic rings. The van der Waals surface area contributed by atoms with Gasteiger partial charge in [0, 0.05) is 22.7 Å². The number of allylic oxidation sites excluding steroid dienone is 4. The number of alkyl halides is 2. The molecule has 9 heteroatoms. The lowest BCUT2D eigenvalue weighted by Crippen LogP contribution is -2.64. The van der Waals surface area contributed by atoms with Gasteiger partial charge < -0.3 is 19.3 Å². The van der Waals surface area contributed by atoms with Crippen LogP contribution in [-0.2, 0) is 23.8 Å². The molecular formula is C26H34ClFO7. The standard InChI is InChI=1S/C26H34ClFO7/c1-5-8-33-23(32)35-26(22(31)34-13-27)14(2)9-17-16-11-19(28)18-10-15(29)6-7-24(18,3)21(16)20(30)12-25(17,26)4/h6-7,10,14,16-17,19-21,30H,5,8-9,11-13H2,1-4H3/t14-,16+,17+,19+,20+,21-,24+,25+,26+/m1/s1. The maximum atomic E-state index is 15.6. The lowest BCUT2D eigenvalue weighted by Gasteiger charge is -2.60. The Labute approximate surface area is 210 Å². The highest BCUT2D eigenvalue weighted by molar-refractivity contribution is 6.17. The molecule has 0 heterocycles. The first kappa shape index (κ1) is 26.1. The maximum Gasteiger partial charge on any atom is 0.509 e. The molecule has 0 amide bonds. The number of ether oxygens (including phenoxy) is 3. The lowest BCUT2D eigenvalue weighted by atomic mass is 9.46. The molecule has 194 valence electrons. The largest absolute Gasteiger partial charge is 0.509 e. The Kier molecular flexibility index (Phi) is 6.86. The zero-order chi connectivity index (χ0) is 25.8. The molecule has 0 radical (unpaired) electrons. The van der Waals surface area contributed by atoms with Crippen LogP contribution in [0.2, 0.25) is 0 Å². The number of esters is 1. The Morgan fingerprint density at radius 1 is 1.26 bits per heavy atom. The van der Waals surface area contributed by atoms with E-state index in [0.29, 0.717) is 18.4 Å². The molecule has 0 aliphatic heterocycles. The number of aliphatic hydroxyl groups is 1. The molecule has 1 N–H and O–H groups in total. The van der Waals surface area contributed by atoms with Crippen LogP contribution in [0.4, 0.5) is 9.18 Å². The van der Waals surface area contributed by atoms with Crippen LogP contribution in [0.15, 0.2) is 23.8 Å². The first-order valence-corrected chi connectivity index (χ1v) is 12.9. The van der Waals surface area contributed by atoms with Crippen molar-refractivity contribution in [1.29, 1.82) is 0 Å². The van der Waals surface area contributed by atoms with Crippen molar-refractivity contribution < 1.29 is 38.1 Å². The number of hydrogen-bond donors (Lipinski definition) is 1. The minimum absolute atomic E-state index is 0.109. The Bertz CT molecular complexity index is 965. The third kappa shape index (κ3) is 3.74. The van der Waals surface area contributed by atoms with Crippen LogP contribution < -0.4 is 0 Å². The third-order valence-electron chi connectivity index (χ3n) is 9.17. The van der Waals surface area contributed by atoms with Gasteiger partial charge in [-0.25, -0.2) is 14.0 Å². The molecule has 0 saturated heterocycles. The van der Waals surface area contributed by atoms with Crippen LogP contribution in [0, 0.1) is 34.5 Å². The summed E-state index contributed by atoms with van der Waals surface area (Å²) in [6.45, 7) is 7.44. The monoisotopic (exact) mass is 512 g/mol. The molecule has 4 aliphatic carbocycles. The Morgan fingerprint density at radius 2 is 1.97 bits per heavy atom. The van der Waals surface area contributed by atoms with Crippen LogP contribution in [0.25, 0.3) is 0 Å².